The topological polar surface area (TPSA) is 102 Å². The molecule has 0 aromatic heterocycles. The predicted octanol–water partition coefficient (Wildman–Crippen LogP) is 8.32. The third-order valence-corrected chi connectivity index (χ3v) is 10.0. The van der Waals surface area contributed by atoms with E-state index in [1.165, 1.54) is 18.3 Å². The van der Waals surface area contributed by atoms with Crippen molar-refractivity contribution in [1.29, 1.82) is 0 Å². The Hall–Kier alpha value is -4.64. The van der Waals surface area contributed by atoms with Gasteiger partial charge in [0.05, 0.1) is 12.1 Å². The number of carbonyl (C=O) groups excluding carboxylic acids is 2. The maximum Gasteiger partial charge on any atom is 0.340 e. The molecule has 3 aromatic carbocycles. The molecule has 10 nitrogen and oxygen atoms in total. The molecule has 10 heteroatoms. The molecule has 2 heterocycles. The molecule has 0 unspecified atom stereocenters. The summed E-state index contributed by atoms with van der Waals surface area (Å²) < 4.78 is 40.9. The third kappa shape index (κ3) is 10.1. The molecule has 2 aliphatic rings. The number of rotatable bonds is 19. The van der Waals surface area contributed by atoms with E-state index in [0.717, 1.165) is 41.7 Å². The highest BCUT2D eigenvalue weighted by Crippen LogP contribution is 2.48. The molecule has 0 spiro atoms. The molecule has 290 valence electrons. The van der Waals surface area contributed by atoms with Crippen LogP contribution in [0.15, 0.2) is 84.0 Å². The van der Waals surface area contributed by atoms with Gasteiger partial charge >= 0.3 is 5.97 Å². The lowest BCUT2D eigenvalue weighted by Gasteiger charge is -2.43. The number of hydrogen-bond donors (Lipinski definition) is 0. The molecule has 54 heavy (non-hydrogen) atoms. The van der Waals surface area contributed by atoms with E-state index in [9.17, 15) is 9.59 Å². The SMILES string of the molecule is COCOc1ccc(CCN2Cc3c(cc(OCOC)c4c3O[C@@](C)(CC/C=C(\C)CCC=C(C)C)[C@H](OC(=O)[C@@H](OC)c3ccccc3)C4)C2=O)cc1. The van der Waals surface area contributed by atoms with Gasteiger partial charge in [0.15, 0.2) is 19.7 Å². The van der Waals surface area contributed by atoms with Gasteiger partial charge in [-0.15, -0.1) is 0 Å². The summed E-state index contributed by atoms with van der Waals surface area (Å²) in [6.07, 6.45) is 7.14. The number of carbonyl (C=O) groups is 2. The van der Waals surface area contributed by atoms with Crippen LogP contribution >= 0.6 is 0 Å². The maximum absolute atomic E-state index is 13.9. The first-order chi connectivity index (χ1) is 26.1. The summed E-state index contributed by atoms with van der Waals surface area (Å²) in [5.74, 6) is 1.21. The van der Waals surface area contributed by atoms with Crippen LogP contribution in [0.3, 0.4) is 0 Å². The zero-order valence-corrected chi connectivity index (χ0v) is 32.8. The highest BCUT2D eigenvalue weighted by molar-refractivity contribution is 6.00. The lowest BCUT2D eigenvalue weighted by atomic mass is 9.83. The van der Waals surface area contributed by atoms with Crippen LogP contribution in [0.1, 0.15) is 92.1 Å². The normalized spacial score (nSPS) is 18.4. The van der Waals surface area contributed by atoms with E-state index in [4.69, 9.17) is 33.2 Å². The molecule has 1 amide bonds. The Morgan fingerprint density at radius 2 is 1.67 bits per heavy atom. The molecule has 0 N–H and O–H groups in total. The Morgan fingerprint density at radius 1 is 0.944 bits per heavy atom. The fourth-order valence-corrected chi connectivity index (χ4v) is 6.97. The van der Waals surface area contributed by atoms with E-state index in [2.05, 4.69) is 32.9 Å². The molecule has 3 atom stereocenters. The van der Waals surface area contributed by atoms with Gasteiger partial charge in [-0.1, -0.05) is 65.8 Å². The van der Waals surface area contributed by atoms with E-state index >= 15 is 0 Å². The second-order valence-corrected chi connectivity index (χ2v) is 14.4. The van der Waals surface area contributed by atoms with Crippen LogP contribution in [-0.2, 0) is 43.1 Å². The van der Waals surface area contributed by atoms with Crippen molar-refractivity contribution in [2.24, 2.45) is 0 Å². The molecular weight excluding hydrogens is 686 g/mol. The zero-order chi connectivity index (χ0) is 38.7. The molecule has 0 saturated heterocycles. The van der Waals surface area contributed by atoms with Gasteiger partial charge in [-0.25, -0.2) is 4.79 Å². The fraction of sp³-hybridized carbons (Fsp3) is 0.455. The van der Waals surface area contributed by atoms with Gasteiger partial charge in [-0.3, -0.25) is 4.79 Å². The van der Waals surface area contributed by atoms with Gasteiger partial charge < -0.3 is 38.1 Å². The largest absolute Gasteiger partial charge is 0.483 e. The summed E-state index contributed by atoms with van der Waals surface area (Å²) in [4.78, 5) is 29.6. The minimum absolute atomic E-state index is 0.0223. The number of benzene rings is 3. The quantitative estimate of drug-likeness (QED) is 0.0682. The lowest BCUT2D eigenvalue weighted by molar-refractivity contribution is -0.175. The Bertz CT molecular complexity index is 1780. The Morgan fingerprint density at radius 3 is 2.35 bits per heavy atom. The first-order valence-electron chi connectivity index (χ1n) is 18.6. The number of hydrogen-bond acceptors (Lipinski definition) is 9. The van der Waals surface area contributed by atoms with Crippen LogP contribution < -0.4 is 14.2 Å². The molecule has 0 aliphatic carbocycles. The number of ether oxygens (including phenoxy) is 7. The van der Waals surface area contributed by atoms with Crippen molar-refractivity contribution in [3.8, 4) is 17.2 Å². The van der Waals surface area contributed by atoms with Gasteiger partial charge in [-0.2, -0.15) is 0 Å². The van der Waals surface area contributed by atoms with Crippen LogP contribution in [0.4, 0.5) is 0 Å². The van der Waals surface area contributed by atoms with E-state index in [0.29, 0.717) is 55.0 Å². The zero-order valence-electron chi connectivity index (χ0n) is 32.8. The summed E-state index contributed by atoms with van der Waals surface area (Å²) in [5, 5.41) is 0. The Labute approximate surface area is 320 Å². The average Bonchev–Trinajstić information content (AvgIpc) is 3.48. The minimum Gasteiger partial charge on any atom is -0.483 e. The average molecular weight is 742 g/mol. The molecule has 2 aliphatic heterocycles. The van der Waals surface area contributed by atoms with Gasteiger partial charge in [0.25, 0.3) is 5.91 Å². The second-order valence-electron chi connectivity index (χ2n) is 14.4. The predicted molar refractivity (Wildman–Crippen MR) is 207 cm³/mol. The van der Waals surface area contributed by atoms with Crippen molar-refractivity contribution < 1.29 is 42.7 Å². The van der Waals surface area contributed by atoms with Crippen LogP contribution in [-0.4, -0.2) is 69.9 Å². The van der Waals surface area contributed by atoms with E-state index in [1.54, 1.807) is 20.3 Å². The van der Waals surface area contributed by atoms with Crippen molar-refractivity contribution in [2.75, 3.05) is 41.5 Å². The van der Waals surface area contributed by atoms with E-state index < -0.39 is 23.8 Å². The Kier molecular flexibility index (Phi) is 14.3. The number of esters is 1. The number of nitrogens with zero attached hydrogens (tertiary/aromatic N) is 1. The molecule has 0 bridgehead atoms. The van der Waals surface area contributed by atoms with Gasteiger partial charge in [-0.05, 0) is 89.1 Å². The number of allylic oxidation sites excluding steroid dienone is 4. The minimum atomic E-state index is -0.926. The Balaban J connectivity index is 1.44. The van der Waals surface area contributed by atoms with Crippen molar-refractivity contribution in [2.45, 2.75) is 90.6 Å². The fourth-order valence-electron chi connectivity index (χ4n) is 6.97. The second kappa shape index (κ2) is 19.1. The van der Waals surface area contributed by atoms with Crippen molar-refractivity contribution in [3.63, 3.8) is 0 Å². The standard InChI is InChI=1S/C44H55NO9/c1-30(2)13-11-14-31(3)15-12-23-44(4)39(53-43(47)40(50-7)33-16-9-8-10-17-33)26-36-38(52-29-49-6)25-35-37(41(36)54-44)27-45(42(35)46)24-22-32-18-20-34(21-19-32)51-28-48-5/h8-10,13,15-21,25,39-40H,11-12,14,22-24,26-29H2,1-7H3/b31-15+/t39-,40+,44+/m1/s1. The summed E-state index contributed by atoms with van der Waals surface area (Å²) in [6.45, 7) is 9.42. The first-order valence-corrected chi connectivity index (χ1v) is 18.6. The van der Waals surface area contributed by atoms with E-state index in [-0.39, 0.29) is 19.5 Å². The van der Waals surface area contributed by atoms with Crippen molar-refractivity contribution in [3.05, 3.63) is 112 Å². The van der Waals surface area contributed by atoms with Crippen molar-refractivity contribution >= 4 is 11.9 Å². The van der Waals surface area contributed by atoms with Crippen LogP contribution in [0.25, 0.3) is 0 Å². The third-order valence-electron chi connectivity index (χ3n) is 10.0. The summed E-state index contributed by atoms with van der Waals surface area (Å²) in [7, 11) is 4.63. The smallest absolute Gasteiger partial charge is 0.340 e. The summed E-state index contributed by atoms with van der Waals surface area (Å²) >= 11 is 0. The first kappa shape index (κ1) is 40.5. The van der Waals surface area contributed by atoms with E-state index in [1.807, 2.05) is 66.4 Å². The van der Waals surface area contributed by atoms with Crippen LogP contribution in [0.5, 0.6) is 17.2 Å². The van der Waals surface area contributed by atoms with Crippen LogP contribution in [0, 0.1) is 0 Å². The summed E-state index contributed by atoms with van der Waals surface area (Å²) in [6, 6.07) is 18.9. The number of amides is 1. The van der Waals surface area contributed by atoms with Crippen LogP contribution in [0.2, 0.25) is 0 Å². The maximum atomic E-state index is 13.9. The lowest BCUT2D eigenvalue weighted by Crippen LogP contribution is -2.52. The number of methoxy groups -OCH3 is 3. The summed E-state index contributed by atoms with van der Waals surface area (Å²) in [5.41, 5.74) is 5.55. The highest BCUT2D eigenvalue weighted by atomic mass is 16.7. The van der Waals surface area contributed by atoms with Gasteiger partial charge in [0.1, 0.15) is 29.0 Å². The van der Waals surface area contributed by atoms with Gasteiger partial charge in [0, 0.05) is 45.4 Å². The molecule has 0 radical (unpaired) electrons. The molecule has 5 rings (SSSR count). The molecule has 3 aromatic rings. The molecular formula is C44H55NO9. The van der Waals surface area contributed by atoms with Gasteiger partial charge in [0.2, 0.25) is 0 Å². The molecule has 0 fully saturated rings. The molecule has 0 saturated carbocycles. The monoisotopic (exact) mass is 741 g/mol. The van der Waals surface area contributed by atoms with Crippen molar-refractivity contribution in [1.82, 2.24) is 4.90 Å². The number of fused-ring (bicyclic) bond motifs is 3. The highest BCUT2D eigenvalue weighted by Gasteiger charge is 2.47.